The van der Waals surface area contributed by atoms with Gasteiger partial charge in [0.2, 0.25) is 5.91 Å². The first kappa shape index (κ1) is 36.4. The van der Waals surface area contributed by atoms with Crippen molar-refractivity contribution >= 4 is 49.1 Å². The summed E-state index contributed by atoms with van der Waals surface area (Å²) in [6, 6.07) is 4.21. The van der Waals surface area contributed by atoms with E-state index in [-0.39, 0.29) is 68.3 Å². The molecule has 16 heteroatoms. The zero-order chi connectivity index (χ0) is 36.9. The second-order valence-electron chi connectivity index (χ2n) is 13.2. The Labute approximate surface area is 294 Å². The van der Waals surface area contributed by atoms with Crippen LogP contribution in [-0.4, -0.2) is 83.3 Å². The van der Waals surface area contributed by atoms with Crippen molar-refractivity contribution in [1.82, 2.24) is 19.8 Å². The van der Waals surface area contributed by atoms with Crippen molar-refractivity contribution in [3.63, 3.8) is 0 Å². The number of methoxy groups -OCH3 is 1. The minimum Gasteiger partial charge on any atom is -0.467 e. The normalized spacial score (nSPS) is 20.6. The Hall–Kier alpha value is -4.36. The summed E-state index contributed by atoms with van der Waals surface area (Å²) >= 11 is 0.686. The van der Waals surface area contributed by atoms with Gasteiger partial charge in [0.15, 0.2) is 5.82 Å². The maximum atomic E-state index is 16.6. The number of alkyl halides is 4. The maximum Gasteiger partial charge on any atom is 0.417 e. The maximum absolute atomic E-state index is 16.6. The smallest absolute Gasteiger partial charge is 0.417 e. The fourth-order valence-corrected chi connectivity index (χ4v) is 8.47. The molecule has 4 aromatic rings. The molecule has 0 bridgehead atoms. The van der Waals surface area contributed by atoms with E-state index in [0.29, 0.717) is 30.5 Å². The third-order valence-electron chi connectivity index (χ3n) is 9.85. The molecule has 0 spiro atoms. The van der Waals surface area contributed by atoms with E-state index in [1.54, 1.807) is 22.8 Å². The summed E-state index contributed by atoms with van der Waals surface area (Å²) in [6.07, 6.45) is -2.17. The number of ether oxygens (including phenoxy) is 1. The summed E-state index contributed by atoms with van der Waals surface area (Å²) in [7, 11) is 1.24. The number of anilines is 2. The Morgan fingerprint density at radius 2 is 1.96 bits per heavy atom. The largest absolute Gasteiger partial charge is 0.467 e. The minimum absolute atomic E-state index is 0.0274. The molecule has 3 aliphatic rings. The predicted octanol–water partition coefficient (Wildman–Crippen LogP) is 7.30. The van der Waals surface area contributed by atoms with Crippen LogP contribution in [0, 0.1) is 23.0 Å². The first-order valence-corrected chi connectivity index (χ1v) is 17.5. The van der Waals surface area contributed by atoms with Crippen molar-refractivity contribution in [3.05, 3.63) is 41.0 Å². The van der Waals surface area contributed by atoms with E-state index in [1.165, 1.54) is 20.0 Å². The molecular weight excluding hydrogens is 696 g/mol. The highest BCUT2D eigenvalue weighted by Gasteiger charge is 2.40. The highest BCUT2D eigenvalue weighted by molar-refractivity contribution is 7.23. The van der Waals surface area contributed by atoms with Gasteiger partial charge in [-0.05, 0) is 64.3 Å². The number of thiophene rings is 1. The molecule has 2 aromatic heterocycles. The number of nitrogens with zero attached hydrogens (tertiary/aromatic N) is 6. The number of rotatable bonds is 6. The average molecular weight is 734 g/mol. The van der Waals surface area contributed by atoms with Gasteiger partial charge >= 0.3 is 12.2 Å². The lowest BCUT2D eigenvalue weighted by Crippen LogP contribution is -2.40. The Balaban J connectivity index is 0.000000428. The number of carbonyl (C=O) groups is 1. The second kappa shape index (κ2) is 14.0. The van der Waals surface area contributed by atoms with E-state index in [1.807, 2.05) is 13.8 Å². The van der Waals surface area contributed by atoms with E-state index in [4.69, 9.17) is 10.5 Å². The van der Waals surface area contributed by atoms with Crippen LogP contribution in [0.1, 0.15) is 57.6 Å². The number of halogens is 6. The quantitative estimate of drug-likeness (QED) is 0.206. The first-order chi connectivity index (χ1) is 24.2. The van der Waals surface area contributed by atoms with Crippen molar-refractivity contribution < 1.29 is 35.9 Å². The van der Waals surface area contributed by atoms with E-state index >= 15 is 4.39 Å². The zero-order valence-corrected chi connectivity index (χ0v) is 29.3. The lowest BCUT2D eigenvalue weighted by molar-refractivity contribution is -0.137. The fraction of sp³-hybridized carbons (Fsp3) is 0.486. The van der Waals surface area contributed by atoms with E-state index in [0.717, 1.165) is 31.2 Å². The van der Waals surface area contributed by atoms with Crippen LogP contribution in [0.15, 0.2) is 18.2 Å². The third-order valence-corrected chi connectivity index (χ3v) is 10.9. The van der Waals surface area contributed by atoms with Crippen LogP contribution >= 0.6 is 11.3 Å². The van der Waals surface area contributed by atoms with Crippen LogP contribution in [0.4, 0.5) is 37.2 Å². The number of hydrogen-bond donors (Lipinski definition) is 1. The predicted molar refractivity (Wildman–Crippen MR) is 183 cm³/mol. The summed E-state index contributed by atoms with van der Waals surface area (Å²) in [4.78, 5) is 26.6. The van der Waals surface area contributed by atoms with Crippen LogP contribution in [0.5, 0.6) is 6.01 Å². The molecule has 0 radical (unpaired) electrons. The van der Waals surface area contributed by atoms with Gasteiger partial charge < -0.3 is 20.3 Å². The molecule has 3 saturated heterocycles. The third kappa shape index (κ3) is 6.61. The summed E-state index contributed by atoms with van der Waals surface area (Å²) in [5.41, 5.74) is 2.52. The molecule has 9 nitrogen and oxygen atoms in total. The van der Waals surface area contributed by atoms with Crippen molar-refractivity contribution in [2.75, 3.05) is 43.9 Å². The van der Waals surface area contributed by atoms with E-state index in [2.05, 4.69) is 14.9 Å². The van der Waals surface area contributed by atoms with Crippen LogP contribution in [0.3, 0.4) is 0 Å². The molecule has 3 atom stereocenters. The van der Waals surface area contributed by atoms with Gasteiger partial charge in [-0.15, -0.1) is 11.3 Å². The van der Waals surface area contributed by atoms with Gasteiger partial charge in [0.1, 0.15) is 34.4 Å². The van der Waals surface area contributed by atoms with Crippen molar-refractivity contribution in [1.29, 1.82) is 5.26 Å². The number of aromatic nitrogens is 2. The molecule has 0 aliphatic carbocycles. The van der Waals surface area contributed by atoms with Gasteiger partial charge in [0.05, 0.1) is 29.0 Å². The summed E-state index contributed by atoms with van der Waals surface area (Å²) in [5.74, 6) is -2.31. The van der Waals surface area contributed by atoms with Crippen LogP contribution < -0.4 is 15.4 Å². The molecule has 1 amide bonds. The zero-order valence-electron chi connectivity index (χ0n) is 28.5. The monoisotopic (exact) mass is 733 g/mol. The van der Waals surface area contributed by atoms with Gasteiger partial charge in [0, 0.05) is 54.5 Å². The number of nitriles is 1. The molecule has 5 heterocycles. The molecule has 2 N–H and O–H groups in total. The molecule has 7 rings (SSSR count). The van der Waals surface area contributed by atoms with Crippen LogP contribution in [-0.2, 0) is 11.0 Å². The topological polar surface area (TPSA) is 112 Å². The Morgan fingerprint density at radius 3 is 2.57 bits per heavy atom. The summed E-state index contributed by atoms with van der Waals surface area (Å²) < 4.78 is 93.0. The number of carbonyl (C=O) groups excluding carboxylic acids is 1. The van der Waals surface area contributed by atoms with Gasteiger partial charge in [0.25, 0.3) is 0 Å². The van der Waals surface area contributed by atoms with Crippen molar-refractivity contribution in [3.8, 4) is 23.2 Å². The molecular formula is C35H37F6N7O2S. The van der Waals surface area contributed by atoms with E-state index < -0.39 is 46.7 Å². The average Bonchev–Trinajstić information content (AvgIpc) is 3.84. The molecule has 3 fully saturated rings. The Bertz CT molecular complexity index is 2020. The van der Waals surface area contributed by atoms with Gasteiger partial charge in [-0.2, -0.15) is 28.4 Å². The van der Waals surface area contributed by atoms with Crippen LogP contribution in [0.25, 0.3) is 32.1 Å². The number of fused-ring (bicyclic) bond motifs is 3. The Kier molecular flexibility index (Phi) is 9.99. The molecule has 2 aromatic carbocycles. The number of nitrogens with two attached hydrogens (primary N) is 1. The minimum atomic E-state index is -5.08. The second-order valence-corrected chi connectivity index (χ2v) is 14.3. The molecule has 3 aliphatic heterocycles. The SMILES string of the molecule is CCN(c1nc(OC)nc2c(F)c(-c3ccc(F)c4sc(N)c(C#N)c34)c(C(F)(F)F)cc12)C1CC(=O)N(C(C)C)C1.FC1CC2CCCN2C1. The molecule has 272 valence electrons. The molecule has 51 heavy (non-hydrogen) atoms. The lowest BCUT2D eigenvalue weighted by atomic mass is 9.92. The van der Waals surface area contributed by atoms with Crippen molar-refractivity contribution in [2.45, 2.75) is 76.9 Å². The van der Waals surface area contributed by atoms with Gasteiger partial charge in [-0.1, -0.05) is 6.07 Å². The highest BCUT2D eigenvalue weighted by atomic mass is 32.1. The van der Waals surface area contributed by atoms with Crippen molar-refractivity contribution in [2.24, 2.45) is 0 Å². The van der Waals surface area contributed by atoms with E-state index in [9.17, 15) is 32.0 Å². The number of nitrogen functional groups attached to an aromatic ring is 1. The van der Waals surface area contributed by atoms with Gasteiger partial charge in [-0.25, -0.2) is 13.2 Å². The van der Waals surface area contributed by atoms with Crippen LogP contribution in [0.2, 0.25) is 0 Å². The molecule has 0 saturated carbocycles. The number of benzene rings is 2. The number of hydrogen-bond acceptors (Lipinski definition) is 9. The number of likely N-dealkylation sites (tertiary alicyclic amines) is 1. The fourth-order valence-electron chi connectivity index (χ4n) is 7.52. The Morgan fingerprint density at radius 1 is 1.22 bits per heavy atom. The summed E-state index contributed by atoms with van der Waals surface area (Å²) in [5, 5.41) is 9.09. The lowest BCUT2D eigenvalue weighted by Gasteiger charge is -2.30. The molecule has 3 unspecified atom stereocenters. The standard InChI is InChI=1S/C28H25F5N6O2S.C7H12FN/c1-5-38(13-8-19(40)39(11-13)12(2)3)26-15-9-17(28(31,32)33)21(22(30)23(15)36-27(37-26)41-4)14-6-7-18(29)24-20(14)16(10-34)25(35)42-24;8-6-4-7-2-1-3-9(7)5-6/h6-7,9,12-13H,5,8,11,35H2,1-4H3;6-7H,1-5H2. The number of likely N-dealkylation sites (N-methyl/N-ethyl adjacent to an activating group) is 1. The summed E-state index contributed by atoms with van der Waals surface area (Å²) in [6.45, 7) is 7.86. The first-order valence-electron chi connectivity index (χ1n) is 16.7. The highest BCUT2D eigenvalue weighted by Crippen LogP contribution is 2.48. The van der Waals surface area contributed by atoms with Gasteiger partial charge in [-0.3, -0.25) is 9.69 Å². The number of amides is 1.